The summed E-state index contributed by atoms with van der Waals surface area (Å²) >= 11 is 0. The lowest BCUT2D eigenvalue weighted by Gasteiger charge is -2.23. The van der Waals surface area contributed by atoms with Gasteiger partial charge in [0, 0.05) is 5.69 Å². The fourth-order valence-electron chi connectivity index (χ4n) is 3.77. The topological polar surface area (TPSA) is 49.4 Å². The fourth-order valence-corrected chi connectivity index (χ4v) is 3.77. The van der Waals surface area contributed by atoms with Crippen LogP contribution in [0.25, 0.3) is 0 Å². The molecule has 1 N–H and O–H groups in total. The number of anilines is 1. The van der Waals surface area contributed by atoms with Crippen molar-refractivity contribution >= 4 is 17.5 Å². The first-order valence-electron chi connectivity index (χ1n) is 10.4. The van der Waals surface area contributed by atoms with Gasteiger partial charge in [-0.25, -0.2) is 0 Å². The van der Waals surface area contributed by atoms with Crippen molar-refractivity contribution in [3.05, 3.63) is 102 Å². The van der Waals surface area contributed by atoms with Crippen molar-refractivity contribution < 1.29 is 9.59 Å². The van der Waals surface area contributed by atoms with Gasteiger partial charge in [-0.2, -0.15) is 0 Å². The number of amides is 2. The smallest absolute Gasteiger partial charge is 0.231 e. The predicted octanol–water partition coefficient (Wildman–Crippen LogP) is 4.73. The van der Waals surface area contributed by atoms with Gasteiger partial charge in [0.05, 0.1) is 24.4 Å². The summed E-state index contributed by atoms with van der Waals surface area (Å²) in [5.74, 6) is -0.558. The van der Waals surface area contributed by atoms with Crippen molar-refractivity contribution in [3.8, 4) is 0 Å². The van der Waals surface area contributed by atoms with Crippen LogP contribution in [-0.2, 0) is 16.1 Å². The Morgan fingerprint density at radius 3 is 2.07 bits per heavy atom. The van der Waals surface area contributed by atoms with Crippen LogP contribution in [0.1, 0.15) is 30.5 Å². The molecule has 1 aliphatic carbocycles. The SMILES string of the molecule is CC(NC(=O)C1CC1C(=O)N(Cc1ccccc1)c1ccccc1)c1ccccc1. The van der Waals surface area contributed by atoms with E-state index in [1.807, 2.05) is 97.9 Å². The van der Waals surface area contributed by atoms with Gasteiger partial charge in [0.15, 0.2) is 0 Å². The predicted molar refractivity (Wildman–Crippen MR) is 119 cm³/mol. The Hall–Kier alpha value is -3.40. The zero-order valence-corrected chi connectivity index (χ0v) is 17.1. The molecule has 2 amide bonds. The van der Waals surface area contributed by atoms with E-state index in [4.69, 9.17) is 0 Å². The van der Waals surface area contributed by atoms with Crippen molar-refractivity contribution in [2.75, 3.05) is 4.90 Å². The van der Waals surface area contributed by atoms with Crippen LogP contribution in [0.5, 0.6) is 0 Å². The summed E-state index contributed by atoms with van der Waals surface area (Å²) in [7, 11) is 0. The van der Waals surface area contributed by atoms with Crippen molar-refractivity contribution in [2.24, 2.45) is 11.8 Å². The minimum absolute atomic E-state index is 0.0116. The Balaban J connectivity index is 1.44. The average Bonchev–Trinajstić information content (AvgIpc) is 3.60. The van der Waals surface area contributed by atoms with E-state index in [-0.39, 0.29) is 29.7 Å². The van der Waals surface area contributed by atoms with E-state index < -0.39 is 0 Å². The van der Waals surface area contributed by atoms with Crippen LogP contribution in [0.2, 0.25) is 0 Å². The molecule has 3 atom stereocenters. The summed E-state index contributed by atoms with van der Waals surface area (Å²) in [5.41, 5.74) is 2.98. The van der Waals surface area contributed by atoms with Gasteiger partial charge in [-0.1, -0.05) is 78.9 Å². The van der Waals surface area contributed by atoms with E-state index >= 15 is 0 Å². The highest BCUT2D eigenvalue weighted by molar-refractivity contribution is 6.01. The van der Waals surface area contributed by atoms with Crippen LogP contribution >= 0.6 is 0 Å². The number of carbonyl (C=O) groups excluding carboxylic acids is 2. The van der Waals surface area contributed by atoms with Crippen LogP contribution in [-0.4, -0.2) is 11.8 Å². The standard InChI is InChI=1S/C26H26N2O2/c1-19(21-13-7-3-8-14-21)27-25(29)23-17-24(23)26(30)28(22-15-9-4-10-16-22)18-20-11-5-2-6-12-20/h2-16,19,23-24H,17-18H2,1H3,(H,27,29). The Morgan fingerprint density at radius 2 is 1.43 bits per heavy atom. The minimum Gasteiger partial charge on any atom is -0.349 e. The third kappa shape index (κ3) is 4.60. The number of carbonyl (C=O) groups is 2. The molecule has 0 saturated heterocycles. The van der Waals surface area contributed by atoms with Crippen LogP contribution < -0.4 is 10.2 Å². The Bertz CT molecular complexity index is 989. The first-order valence-corrected chi connectivity index (χ1v) is 10.4. The number of hydrogen-bond donors (Lipinski definition) is 1. The Kier molecular flexibility index (Phi) is 5.94. The van der Waals surface area contributed by atoms with Crippen LogP contribution in [0.4, 0.5) is 5.69 Å². The number of nitrogens with one attached hydrogen (secondary N) is 1. The monoisotopic (exact) mass is 398 g/mol. The molecular formula is C26H26N2O2. The first-order chi connectivity index (χ1) is 14.6. The van der Waals surface area contributed by atoms with E-state index in [0.717, 1.165) is 16.8 Å². The molecule has 3 aromatic carbocycles. The van der Waals surface area contributed by atoms with Crippen LogP contribution in [0, 0.1) is 11.8 Å². The summed E-state index contributed by atoms with van der Waals surface area (Å²) in [6.45, 7) is 2.47. The molecule has 1 aliphatic rings. The second-order valence-electron chi connectivity index (χ2n) is 7.84. The highest BCUT2D eigenvalue weighted by Gasteiger charge is 2.50. The Labute approximate surface area is 177 Å². The van der Waals surface area contributed by atoms with Gasteiger partial charge in [0.25, 0.3) is 0 Å². The summed E-state index contributed by atoms with van der Waals surface area (Å²) in [5, 5.41) is 3.06. The molecule has 4 nitrogen and oxygen atoms in total. The van der Waals surface area contributed by atoms with Crippen molar-refractivity contribution in [2.45, 2.75) is 25.9 Å². The van der Waals surface area contributed by atoms with Gasteiger partial charge in [0.2, 0.25) is 11.8 Å². The van der Waals surface area contributed by atoms with E-state index in [1.165, 1.54) is 0 Å². The van der Waals surface area contributed by atoms with E-state index in [9.17, 15) is 9.59 Å². The van der Waals surface area contributed by atoms with Gasteiger partial charge in [0.1, 0.15) is 0 Å². The van der Waals surface area contributed by atoms with E-state index in [2.05, 4.69) is 5.32 Å². The van der Waals surface area contributed by atoms with Gasteiger partial charge < -0.3 is 10.2 Å². The van der Waals surface area contributed by atoms with Gasteiger partial charge in [-0.15, -0.1) is 0 Å². The summed E-state index contributed by atoms with van der Waals surface area (Å²) in [6.07, 6.45) is 0.601. The number of nitrogens with zero attached hydrogens (tertiary/aromatic N) is 1. The molecule has 30 heavy (non-hydrogen) atoms. The fraction of sp³-hybridized carbons (Fsp3) is 0.231. The largest absolute Gasteiger partial charge is 0.349 e. The summed E-state index contributed by atoms with van der Waals surface area (Å²) < 4.78 is 0. The first kappa shape index (κ1) is 19.9. The Morgan fingerprint density at radius 1 is 0.867 bits per heavy atom. The molecule has 0 heterocycles. The molecule has 0 bridgehead atoms. The van der Waals surface area contributed by atoms with Crippen molar-refractivity contribution in [3.63, 3.8) is 0 Å². The third-order valence-corrected chi connectivity index (χ3v) is 5.62. The van der Waals surface area contributed by atoms with Crippen LogP contribution in [0.3, 0.4) is 0 Å². The van der Waals surface area contributed by atoms with Gasteiger partial charge >= 0.3 is 0 Å². The lowest BCUT2D eigenvalue weighted by atomic mass is 10.1. The van der Waals surface area contributed by atoms with Crippen molar-refractivity contribution in [1.82, 2.24) is 5.32 Å². The molecule has 4 rings (SSSR count). The molecule has 1 saturated carbocycles. The number of hydrogen-bond acceptors (Lipinski definition) is 2. The molecule has 0 aliphatic heterocycles. The molecule has 4 heteroatoms. The third-order valence-electron chi connectivity index (χ3n) is 5.62. The molecule has 0 radical (unpaired) electrons. The van der Waals surface area contributed by atoms with Gasteiger partial charge in [-0.05, 0) is 36.6 Å². The summed E-state index contributed by atoms with van der Waals surface area (Å²) in [4.78, 5) is 27.9. The molecular weight excluding hydrogens is 372 g/mol. The maximum Gasteiger partial charge on any atom is 0.231 e. The number of para-hydroxylation sites is 1. The van der Waals surface area contributed by atoms with E-state index in [1.54, 1.807) is 4.90 Å². The van der Waals surface area contributed by atoms with Crippen LogP contribution in [0.15, 0.2) is 91.0 Å². The maximum atomic E-state index is 13.3. The lowest BCUT2D eigenvalue weighted by Crippen LogP contribution is -2.34. The molecule has 3 aromatic rings. The number of rotatable bonds is 7. The second kappa shape index (κ2) is 8.95. The molecule has 1 fully saturated rings. The lowest BCUT2D eigenvalue weighted by molar-refractivity contribution is -0.126. The normalized spacial score (nSPS) is 18.3. The number of benzene rings is 3. The molecule has 0 spiro atoms. The quantitative estimate of drug-likeness (QED) is 0.625. The molecule has 0 aromatic heterocycles. The minimum atomic E-state index is -0.267. The van der Waals surface area contributed by atoms with Gasteiger partial charge in [-0.3, -0.25) is 9.59 Å². The summed E-state index contributed by atoms with van der Waals surface area (Å²) in [6, 6.07) is 29.4. The highest BCUT2D eigenvalue weighted by Crippen LogP contribution is 2.41. The maximum absolute atomic E-state index is 13.3. The van der Waals surface area contributed by atoms with Crippen molar-refractivity contribution in [1.29, 1.82) is 0 Å². The molecule has 3 unspecified atom stereocenters. The average molecular weight is 399 g/mol. The zero-order chi connectivity index (χ0) is 20.9. The highest BCUT2D eigenvalue weighted by atomic mass is 16.2. The van der Waals surface area contributed by atoms with E-state index in [0.29, 0.717) is 13.0 Å². The molecule has 152 valence electrons. The zero-order valence-electron chi connectivity index (χ0n) is 17.1. The second-order valence-corrected chi connectivity index (χ2v) is 7.84.